The van der Waals surface area contributed by atoms with Gasteiger partial charge >= 0.3 is 0 Å². The number of hydrogen-bond acceptors (Lipinski definition) is 4. The average molecular weight is 327 g/mol. The number of nitrogens with one attached hydrogen (secondary N) is 1. The quantitative estimate of drug-likeness (QED) is 0.886. The van der Waals surface area contributed by atoms with Crippen LogP contribution in [0.1, 0.15) is 17.5 Å². The highest BCUT2D eigenvalue weighted by atomic mass is 16.6. The van der Waals surface area contributed by atoms with Crippen molar-refractivity contribution in [1.82, 2.24) is 5.32 Å². The van der Waals surface area contributed by atoms with Crippen molar-refractivity contribution < 1.29 is 19.0 Å². The number of aryl methyl sites for hydroxylation is 1. The Morgan fingerprint density at radius 3 is 2.75 bits per heavy atom. The largest absolute Gasteiger partial charge is 0.497 e. The second-order valence-electron chi connectivity index (χ2n) is 5.61. The van der Waals surface area contributed by atoms with Gasteiger partial charge in [0.05, 0.1) is 7.11 Å². The first-order chi connectivity index (χ1) is 11.7. The van der Waals surface area contributed by atoms with Crippen LogP contribution in [0.25, 0.3) is 0 Å². The minimum absolute atomic E-state index is 0.0210. The summed E-state index contributed by atoms with van der Waals surface area (Å²) in [6.07, 6.45) is 1.10. The molecule has 1 amide bonds. The maximum atomic E-state index is 12.0. The molecule has 5 nitrogen and oxygen atoms in total. The van der Waals surface area contributed by atoms with E-state index in [-0.39, 0.29) is 5.91 Å². The van der Waals surface area contributed by atoms with Gasteiger partial charge in [0.1, 0.15) is 19.0 Å². The van der Waals surface area contributed by atoms with Gasteiger partial charge in [-0.15, -0.1) is 0 Å². The van der Waals surface area contributed by atoms with Gasteiger partial charge in [0.2, 0.25) is 5.91 Å². The van der Waals surface area contributed by atoms with Gasteiger partial charge in [0, 0.05) is 13.0 Å². The second kappa shape index (κ2) is 7.73. The van der Waals surface area contributed by atoms with E-state index >= 15 is 0 Å². The lowest BCUT2D eigenvalue weighted by molar-refractivity contribution is -0.121. The van der Waals surface area contributed by atoms with E-state index < -0.39 is 0 Å². The molecule has 126 valence electrons. The lowest BCUT2D eigenvalue weighted by atomic mass is 10.1. The molecule has 24 heavy (non-hydrogen) atoms. The minimum atomic E-state index is 0.0210. The maximum absolute atomic E-state index is 12.0. The van der Waals surface area contributed by atoms with Crippen molar-refractivity contribution in [2.45, 2.75) is 19.4 Å². The Morgan fingerprint density at radius 2 is 1.92 bits per heavy atom. The lowest BCUT2D eigenvalue weighted by Crippen LogP contribution is -2.23. The Labute approximate surface area is 141 Å². The summed E-state index contributed by atoms with van der Waals surface area (Å²) in [5.74, 6) is 2.34. The van der Waals surface area contributed by atoms with E-state index in [1.807, 2.05) is 42.5 Å². The zero-order valence-corrected chi connectivity index (χ0v) is 13.7. The molecule has 5 heteroatoms. The number of hydrogen-bond donors (Lipinski definition) is 1. The number of carbonyl (C=O) groups is 1. The monoisotopic (exact) mass is 327 g/mol. The zero-order chi connectivity index (χ0) is 16.8. The highest BCUT2D eigenvalue weighted by Crippen LogP contribution is 2.31. The molecule has 0 saturated heterocycles. The molecule has 0 radical (unpaired) electrons. The van der Waals surface area contributed by atoms with E-state index in [4.69, 9.17) is 14.2 Å². The first-order valence-corrected chi connectivity index (χ1v) is 8.03. The molecule has 0 spiro atoms. The van der Waals surface area contributed by atoms with Gasteiger partial charge in [-0.25, -0.2) is 0 Å². The molecule has 3 rings (SSSR count). The van der Waals surface area contributed by atoms with Crippen LogP contribution in [0.15, 0.2) is 42.5 Å². The number of carbonyl (C=O) groups excluding carboxylic acids is 1. The fourth-order valence-corrected chi connectivity index (χ4v) is 2.57. The first-order valence-electron chi connectivity index (χ1n) is 8.03. The number of methoxy groups -OCH3 is 1. The number of fused-ring (bicyclic) bond motifs is 1. The van der Waals surface area contributed by atoms with Crippen LogP contribution in [0, 0.1) is 0 Å². The molecule has 0 atom stereocenters. The fraction of sp³-hybridized carbons (Fsp3) is 0.316. The molecule has 0 unspecified atom stereocenters. The van der Waals surface area contributed by atoms with Crippen molar-refractivity contribution in [2.24, 2.45) is 0 Å². The molecule has 2 aromatic rings. The molecule has 0 saturated carbocycles. The van der Waals surface area contributed by atoms with Gasteiger partial charge in [-0.1, -0.05) is 18.2 Å². The Balaban J connectivity index is 1.48. The second-order valence-corrected chi connectivity index (χ2v) is 5.61. The van der Waals surface area contributed by atoms with Gasteiger partial charge in [-0.2, -0.15) is 0 Å². The molecule has 1 heterocycles. The number of rotatable bonds is 6. The summed E-state index contributed by atoms with van der Waals surface area (Å²) >= 11 is 0. The normalized spacial score (nSPS) is 12.5. The van der Waals surface area contributed by atoms with Crippen LogP contribution < -0.4 is 19.5 Å². The number of amides is 1. The third kappa shape index (κ3) is 4.19. The van der Waals surface area contributed by atoms with E-state index in [0.29, 0.717) is 32.6 Å². The van der Waals surface area contributed by atoms with E-state index in [2.05, 4.69) is 5.32 Å². The van der Waals surface area contributed by atoms with Crippen molar-refractivity contribution in [2.75, 3.05) is 20.3 Å². The third-order valence-corrected chi connectivity index (χ3v) is 3.87. The fourth-order valence-electron chi connectivity index (χ4n) is 2.57. The average Bonchev–Trinajstić information content (AvgIpc) is 2.64. The Bertz CT molecular complexity index is 714. The molecule has 0 aromatic heterocycles. The van der Waals surface area contributed by atoms with Crippen LogP contribution in [-0.4, -0.2) is 26.2 Å². The summed E-state index contributed by atoms with van der Waals surface area (Å²) in [5, 5.41) is 2.93. The zero-order valence-electron chi connectivity index (χ0n) is 13.7. The Hall–Kier alpha value is -2.69. The van der Waals surface area contributed by atoms with Crippen molar-refractivity contribution in [3.8, 4) is 17.2 Å². The summed E-state index contributed by atoms with van der Waals surface area (Å²) in [6, 6.07) is 13.5. The minimum Gasteiger partial charge on any atom is -0.497 e. The van der Waals surface area contributed by atoms with Crippen LogP contribution >= 0.6 is 0 Å². The number of ether oxygens (including phenoxy) is 3. The van der Waals surface area contributed by atoms with Crippen LogP contribution in [0.3, 0.4) is 0 Å². The summed E-state index contributed by atoms with van der Waals surface area (Å²) in [4.78, 5) is 12.0. The van der Waals surface area contributed by atoms with Gasteiger partial charge in [-0.3, -0.25) is 4.79 Å². The first kappa shape index (κ1) is 16.2. The standard InChI is InChI=1S/C19H21NO4/c1-22-16-4-2-3-15(11-16)13-20-19(21)8-6-14-5-7-17-18(12-14)24-10-9-23-17/h2-5,7,11-12H,6,8-10,13H2,1H3,(H,20,21). The van der Waals surface area contributed by atoms with Gasteiger partial charge in [0.25, 0.3) is 0 Å². The van der Waals surface area contributed by atoms with Crippen molar-refractivity contribution in [3.05, 3.63) is 53.6 Å². The molecular weight excluding hydrogens is 306 g/mol. The third-order valence-electron chi connectivity index (χ3n) is 3.87. The Morgan fingerprint density at radius 1 is 1.08 bits per heavy atom. The molecule has 2 aromatic carbocycles. The lowest BCUT2D eigenvalue weighted by Gasteiger charge is -2.18. The van der Waals surface area contributed by atoms with E-state index in [9.17, 15) is 4.79 Å². The van der Waals surface area contributed by atoms with E-state index in [1.165, 1.54) is 0 Å². The van der Waals surface area contributed by atoms with Crippen LogP contribution in [0.5, 0.6) is 17.2 Å². The summed E-state index contributed by atoms with van der Waals surface area (Å²) in [6.45, 7) is 1.65. The molecule has 1 N–H and O–H groups in total. The molecule has 1 aliphatic rings. The summed E-state index contributed by atoms with van der Waals surface area (Å²) in [5.41, 5.74) is 2.08. The van der Waals surface area contributed by atoms with Gasteiger partial charge in [0.15, 0.2) is 11.5 Å². The topological polar surface area (TPSA) is 56.8 Å². The van der Waals surface area contributed by atoms with Crippen molar-refractivity contribution >= 4 is 5.91 Å². The summed E-state index contributed by atoms with van der Waals surface area (Å²) < 4.78 is 16.2. The molecule has 1 aliphatic heterocycles. The van der Waals surface area contributed by atoms with Crippen LogP contribution in [0.2, 0.25) is 0 Å². The molecule has 0 fully saturated rings. The predicted molar refractivity (Wildman–Crippen MR) is 90.6 cm³/mol. The van der Waals surface area contributed by atoms with E-state index in [0.717, 1.165) is 28.4 Å². The van der Waals surface area contributed by atoms with Gasteiger partial charge < -0.3 is 19.5 Å². The highest BCUT2D eigenvalue weighted by molar-refractivity contribution is 5.76. The highest BCUT2D eigenvalue weighted by Gasteiger charge is 2.12. The SMILES string of the molecule is COc1cccc(CNC(=O)CCc2ccc3c(c2)OCCO3)c1. The van der Waals surface area contributed by atoms with Crippen molar-refractivity contribution in [1.29, 1.82) is 0 Å². The van der Waals surface area contributed by atoms with Crippen LogP contribution in [-0.2, 0) is 17.8 Å². The number of benzene rings is 2. The molecular formula is C19H21NO4. The maximum Gasteiger partial charge on any atom is 0.220 e. The van der Waals surface area contributed by atoms with Crippen molar-refractivity contribution in [3.63, 3.8) is 0 Å². The van der Waals surface area contributed by atoms with Gasteiger partial charge in [-0.05, 0) is 41.8 Å². The smallest absolute Gasteiger partial charge is 0.220 e. The predicted octanol–water partition coefficient (Wildman–Crippen LogP) is 2.72. The Kier molecular flexibility index (Phi) is 5.21. The van der Waals surface area contributed by atoms with E-state index in [1.54, 1.807) is 7.11 Å². The van der Waals surface area contributed by atoms with Crippen LogP contribution in [0.4, 0.5) is 0 Å². The summed E-state index contributed by atoms with van der Waals surface area (Å²) in [7, 11) is 1.63. The molecule has 0 aliphatic carbocycles. The molecule has 0 bridgehead atoms.